The first-order chi connectivity index (χ1) is 9.83. The second-order valence-electron chi connectivity index (χ2n) is 5.08. The van der Waals surface area contributed by atoms with Gasteiger partial charge >= 0.3 is 0 Å². The lowest BCUT2D eigenvalue weighted by Gasteiger charge is -2.14. The first-order valence-corrected chi connectivity index (χ1v) is 7.00. The molecule has 2 heterocycles. The lowest BCUT2D eigenvalue weighted by Crippen LogP contribution is -2.28. The molecule has 1 saturated heterocycles. The number of benzene rings is 1. The first kappa shape index (κ1) is 12.9. The van der Waals surface area contributed by atoms with Gasteiger partial charge in [-0.25, -0.2) is 0 Å². The minimum absolute atomic E-state index is 0.448. The van der Waals surface area contributed by atoms with E-state index < -0.39 is 0 Å². The third-order valence-corrected chi connectivity index (χ3v) is 3.53. The van der Waals surface area contributed by atoms with Crippen LogP contribution in [0.2, 0.25) is 0 Å². The van der Waals surface area contributed by atoms with E-state index in [1.54, 1.807) is 6.20 Å². The van der Waals surface area contributed by atoms with Gasteiger partial charge in [-0.05, 0) is 43.7 Å². The molecule has 1 fully saturated rings. The van der Waals surface area contributed by atoms with E-state index in [9.17, 15) is 0 Å². The number of hydrogen-bond acceptors (Lipinski definition) is 4. The summed E-state index contributed by atoms with van der Waals surface area (Å²) in [6, 6.07) is 12.0. The van der Waals surface area contributed by atoms with Crippen LogP contribution >= 0.6 is 0 Å². The molecule has 104 valence electrons. The molecule has 20 heavy (non-hydrogen) atoms. The van der Waals surface area contributed by atoms with Gasteiger partial charge in [0.1, 0.15) is 18.1 Å². The first-order valence-electron chi connectivity index (χ1n) is 7.00. The van der Waals surface area contributed by atoms with Gasteiger partial charge in [-0.2, -0.15) is 0 Å². The predicted molar refractivity (Wildman–Crippen MR) is 80.6 cm³/mol. The van der Waals surface area contributed by atoms with Gasteiger partial charge in [0.2, 0.25) is 0 Å². The molecule has 1 atom stereocenters. The van der Waals surface area contributed by atoms with E-state index >= 15 is 0 Å². The zero-order valence-electron chi connectivity index (χ0n) is 11.4. The van der Waals surface area contributed by atoms with Crippen molar-refractivity contribution in [1.82, 2.24) is 10.3 Å². The maximum absolute atomic E-state index is 5.95. The summed E-state index contributed by atoms with van der Waals surface area (Å²) >= 11 is 0. The van der Waals surface area contributed by atoms with Crippen LogP contribution in [0.3, 0.4) is 0 Å². The molecule has 0 amide bonds. The zero-order valence-corrected chi connectivity index (χ0v) is 11.4. The molecule has 1 aliphatic heterocycles. The maximum atomic E-state index is 5.95. The van der Waals surface area contributed by atoms with Gasteiger partial charge in [-0.3, -0.25) is 4.98 Å². The molecule has 4 nitrogen and oxygen atoms in total. The molecular formula is C16H19N3O. The molecule has 4 heteroatoms. The fourth-order valence-corrected chi connectivity index (χ4v) is 2.50. The van der Waals surface area contributed by atoms with Gasteiger partial charge in [-0.1, -0.05) is 12.1 Å². The van der Waals surface area contributed by atoms with E-state index in [1.165, 1.54) is 12.8 Å². The largest absolute Gasteiger partial charge is 0.490 e. The second kappa shape index (κ2) is 5.92. The lowest BCUT2D eigenvalue weighted by atomic mass is 10.1. The Bertz CT molecular complexity index is 579. The Balaban J connectivity index is 1.80. The van der Waals surface area contributed by atoms with Crippen molar-refractivity contribution < 1.29 is 4.74 Å². The Morgan fingerprint density at radius 1 is 1.30 bits per heavy atom. The molecule has 1 aliphatic rings. The number of aromatic nitrogens is 1. The van der Waals surface area contributed by atoms with E-state index in [0.29, 0.717) is 12.6 Å². The number of nitrogens with one attached hydrogen (secondary N) is 1. The zero-order chi connectivity index (χ0) is 13.8. The summed E-state index contributed by atoms with van der Waals surface area (Å²) in [6.45, 7) is 1.77. The van der Waals surface area contributed by atoms with Crippen molar-refractivity contribution in [2.75, 3.05) is 18.9 Å². The van der Waals surface area contributed by atoms with E-state index in [-0.39, 0.29) is 0 Å². The molecular weight excluding hydrogens is 250 g/mol. The standard InChI is InChI=1S/C16H19N3O/c17-13-5-1-4-12(10-13)16-15(7-3-9-19-16)20-11-14-6-2-8-18-14/h1,3-5,7,9-10,14,18H,2,6,8,11,17H2/t14-/m0/s1. The fourth-order valence-electron chi connectivity index (χ4n) is 2.50. The Morgan fingerprint density at radius 3 is 3.05 bits per heavy atom. The minimum atomic E-state index is 0.448. The van der Waals surface area contributed by atoms with Crippen LogP contribution in [0, 0.1) is 0 Å². The third-order valence-electron chi connectivity index (χ3n) is 3.53. The van der Waals surface area contributed by atoms with Crippen LogP contribution in [0.5, 0.6) is 5.75 Å². The van der Waals surface area contributed by atoms with Crippen molar-refractivity contribution in [2.24, 2.45) is 0 Å². The second-order valence-corrected chi connectivity index (χ2v) is 5.08. The van der Waals surface area contributed by atoms with Crippen molar-refractivity contribution in [2.45, 2.75) is 18.9 Å². The molecule has 2 aromatic rings. The van der Waals surface area contributed by atoms with Gasteiger partial charge in [0.25, 0.3) is 0 Å². The summed E-state index contributed by atoms with van der Waals surface area (Å²) in [4.78, 5) is 4.43. The van der Waals surface area contributed by atoms with Crippen LogP contribution in [-0.4, -0.2) is 24.2 Å². The van der Waals surface area contributed by atoms with Gasteiger partial charge in [0.15, 0.2) is 0 Å². The average Bonchev–Trinajstić information content (AvgIpc) is 2.99. The molecule has 0 spiro atoms. The summed E-state index contributed by atoms with van der Waals surface area (Å²) in [5.74, 6) is 0.812. The van der Waals surface area contributed by atoms with Crippen molar-refractivity contribution in [3.8, 4) is 17.0 Å². The molecule has 1 aromatic carbocycles. The number of rotatable bonds is 4. The molecule has 3 rings (SSSR count). The molecule has 0 radical (unpaired) electrons. The number of nitrogen functional groups attached to an aromatic ring is 1. The number of ether oxygens (including phenoxy) is 1. The molecule has 0 saturated carbocycles. The number of nitrogens with two attached hydrogens (primary N) is 1. The Labute approximate surface area is 119 Å². The molecule has 3 N–H and O–H groups in total. The van der Waals surface area contributed by atoms with Crippen molar-refractivity contribution in [3.05, 3.63) is 42.6 Å². The quantitative estimate of drug-likeness (QED) is 0.837. The monoisotopic (exact) mass is 269 g/mol. The highest BCUT2D eigenvalue weighted by Gasteiger charge is 2.16. The van der Waals surface area contributed by atoms with Crippen molar-refractivity contribution in [1.29, 1.82) is 0 Å². The Kier molecular flexibility index (Phi) is 3.83. The lowest BCUT2D eigenvalue weighted by molar-refractivity contribution is 0.277. The van der Waals surface area contributed by atoms with Crippen LogP contribution in [0.25, 0.3) is 11.3 Å². The number of hydrogen-bond donors (Lipinski definition) is 2. The summed E-state index contributed by atoms with van der Waals surface area (Å²) in [7, 11) is 0. The minimum Gasteiger partial charge on any atom is -0.490 e. The van der Waals surface area contributed by atoms with E-state index in [4.69, 9.17) is 10.5 Å². The summed E-state index contributed by atoms with van der Waals surface area (Å²) in [6.07, 6.45) is 4.18. The highest BCUT2D eigenvalue weighted by atomic mass is 16.5. The molecule has 0 aliphatic carbocycles. The van der Waals surface area contributed by atoms with Crippen LogP contribution in [0.4, 0.5) is 5.69 Å². The smallest absolute Gasteiger partial charge is 0.145 e. The fraction of sp³-hybridized carbons (Fsp3) is 0.312. The number of anilines is 1. The van der Waals surface area contributed by atoms with Crippen LogP contribution in [0.15, 0.2) is 42.6 Å². The maximum Gasteiger partial charge on any atom is 0.145 e. The predicted octanol–water partition coefficient (Wildman–Crippen LogP) is 2.46. The van der Waals surface area contributed by atoms with Crippen LogP contribution in [-0.2, 0) is 0 Å². The highest BCUT2D eigenvalue weighted by molar-refractivity contribution is 5.69. The van der Waals surface area contributed by atoms with Crippen molar-refractivity contribution >= 4 is 5.69 Å². The Morgan fingerprint density at radius 2 is 2.25 bits per heavy atom. The molecule has 1 aromatic heterocycles. The topological polar surface area (TPSA) is 60.2 Å². The third kappa shape index (κ3) is 2.91. The molecule has 0 unspecified atom stereocenters. The average molecular weight is 269 g/mol. The highest BCUT2D eigenvalue weighted by Crippen LogP contribution is 2.28. The van der Waals surface area contributed by atoms with Crippen LogP contribution < -0.4 is 15.8 Å². The molecule has 0 bridgehead atoms. The SMILES string of the molecule is Nc1cccc(-c2ncccc2OC[C@@H]2CCCN2)c1. The van der Waals surface area contributed by atoms with Gasteiger partial charge in [-0.15, -0.1) is 0 Å². The van der Waals surface area contributed by atoms with Gasteiger partial charge < -0.3 is 15.8 Å². The number of nitrogens with zero attached hydrogens (tertiary/aromatic N) is 1. The normalized spacial score (nSPS) is 18.1. The van der Waals surface area contributed by atoms with Crippen molar-refractivity contribution in [3.63, 3.8) is 0 Å². The summed E-state index contributed by atoms with van der Waals surface area (Å²) in [5.41, 5.74) is 8.41. The van der Waals surface area contributed by atoms with Crippen LogP contribution in [0.1, 0.15) is 12.8 Å². The van der Waals surface area contributed by atoms with E-state index in [2.05, 4.69) is 10.3 Å². The van der Waals surface area contributed by atoms with E-state index in [1.807, 2.05) is 36.4 Å². The Hall–Kier alpha value is -2.07. The van der Waals surface area contributed by atoms with Gasteiger partial charge in [0.05, 0.1) is 0 Å². The summed E-state index contributed by atoms with van der Waals surface area (Å²) in [5, 5.41) is 3.43. The summed E-state index contributed by atoms with van der Waals surface area (Å²) < 4.78 is 5.95. The van der Waals surface area contributed by atoms with Gasteiger partial charge in [0, 0.05) is 23.5 Å². The van der Waals surface area contributed by atoms with E-state index in [0.717, 1.165) is 29.2 Å². The number of pyridine rings is 1.